The van der Waals surface area contributed by atoms with Crippen molar-refractivity contribution in [3.63, 3.8) is 0 Å². The number of aromatic nitrogens is 5. The molecule has 0 saturated heterocycles. The third-order valence-electron chi connectivity index (χ3n) is 9.58. The minimum atomic E-state index is -0.139. The third kappa shape index (κ3) is 10.4. The first kappa shape index (κ1) is 42.3. The predicted octanol–water partition coefficient (Wildman–Crippen LogP) is 10.5. The molecule has 4 heterocycles. The van der Waals surface area contributed by atoms with E-state index < -0.39 is 0 Å². The maximum atomic E-state index is 12.4. The van der Waals surface area contributed by atoms with Gasteiger partial charge in [0.1, 0.15) is 5.63 Å². The van der Waals surface area contributed by atoms with Crippen LogP contribution >= 0.6 is 79.4 Å². The normalized spacial score (nSPS) is 14.2. The zero-order valence-corrected chi connectivity index (χ0v) is 38.3. The van der Waals surface area contributed by atoms with Gasteiger partial charge in [0.05, 0.1) is 30.1 Å². The van der Waals surface area contributed by atoms with Crippen LogP contribution in [0.4, 0.5) is 5.82 Å². The van der Waals surface area contributed by atoms with Gasteiger partial charge in [-0.2, -0.15) is 0 Å². The number of imidazole rings is 1. The molecule has 9 rings (SSSR count). The van der Waals surface area contributed by atoms with Gasteiger partial charge in [-0.05, 0) is 96.3 Å². The summed E-state index contributed by atoms with van der Waals surface area (Å²) in [5, 5.41) is 15.1. The van der Waals surface area contributed by atoms with Gasteiger partial charge in [0, 0.05) is 27.8 Å². The highest BCUT2D eigenvalue weighted by Crippen LogP contribution is 2.36. The summed E-state index contributed by atoms with van der Waals surface area (Å²) in [6, 6.07) is 27.5. The van der Waals surface area contributed by atoms with Crippen LogP contribution < -0.4 is 15.6 Å². The highest BCUT2D eigenvalue weighted by molar-refractivity contribution is 14.3. The number of benzene rings is 3. The lowest BCUT2D eigenvalue weighted by Gasteiger charge is -2.23. The van der Waals surface area contributed by atoms with Gasteiger partial charge in [0.15, 0.2) is 11.3 Å². The Morgan fingerprint density at radius 1 is 1.04 bits per heavy atom. The van der Waals surface area contributed by atoms with Crippen molar-refractivity contribution in [2.24, 2.45) is 5.92 Å². The van der Waals surface area contributed by atoms with Crippen LogP contribution in [0.3, 0.4) is 0 Å². The minimum absolute atomic E-state index is 0.0144. The topological polar surface area (TPSA) is 137 Å². The molecule has 4 aromatic heterocycles. The van der Waals surface area contributed by atoms with Crippen molar-refractivity contribution in [2.75, 3.05) is 12.3 Å². The maximum absolute atomic E-state index is 12.4. The Morgan fingerprint density at radius 2 is 1.79 bits per heavy atom. The molecule has 56 heavy (non-hydrogen) atoms. The van der Waals surface area contributed by atoms with E-state index in [-0.39, 0.29) is 18.6 Å². The first-order chi connectivity index (χ1) is 27.0. The molecular weight excluding hydrogens is 1060 g/mol. The minimum Gasteiger partial charge on any atom is -0.392 e. The van der Waals surface area contributed by atoms with Crippen LogP contribution in [0.25, 0.3) is 38.4 Å². The smallest absolute Gasteiger partial charge is 0.270 e. The number of aryl methyl sites for hydroxylation is 1. The number of amides is 1. The van der Waals surface area contributed by atoms with Crippen LogP contribution in [0, 0.1) is 5.92 Å². The Labute approximate surface area is 372 Å². The van der Waals surface area contributed by atoms with E-state index in [1.165, 1.54) is 16.7 Å². The number of nitrogens with zero attached hydrogens (tertiary/aromatic N) is 3. The van der Waals surface area contributed by atoms with Crippen molar-refractivity contribution in [3.8, 4) is 0 Å². The quantitative estimate of drug-likeness (QED) is 0.0664. The fourth-order valence-corrected chi connectivity index (χ4v) is 7.38. The van der Waals surface area contributed by atoms with E-state index >= 15 is 0 Å². The number of halogens is 4. The lowest BCUT2D eigenvalue weighted by Crippen LogP contribution is -2.34. The molecule has 0 radical (unpaired) electrons. The summed E-state index contributed by atoms with van der Waals surface area (Å²) in [4.78, 5) is 27.6. The second kappa shape index (κ2) is 19.9. The van der Waals surface area contributed by atoms with E-state index in [0.29, 0.717) is 17.4 Å². The van der Waals surface area contributed by atoms with Crippen LogP contribution in [0.1, 0.15) is 65.6 Å². The van der Waals surface area contributed by atoms with Crippen molar-refractivity contribution in [1.29, 1.82) is 0 Å². The molecule has 0 unspecified atom stereocenters. The molecule has 0 aliphatic heterocycles. The van der Waals surface area contributed by atoms with E-state index in [4.69, 9.17) is 22.4 Å². The second-order valence-electron chi connectivity index (χ2n) is 13.9. The maximum Gasteiger partial charge on any atom is 0.270 e. The first-order valence-corrected chi connectivity index (χ1v) is 22.5. The number of pyridine rings is 2. The molecule has 0 fully saturated rings. The number of nitrogens with one attached hydrogen (secondary N) is 3. The Morgan fingerprint density at radius 3 is 2.54 bits per heavy atom. The fraction of sp³-hybridized carbons (Fsp3) is 0.256. The van der Waals surface area contributed by atoms with Gasteiger partial charge >= 0.3 is 0 Å². The van der Waals surface area contributed by atoms with Crippen molar-refractivity contribution in [3.05, 3.63) is 137 Å². The molecule has 0 spiro atoms. The summed E-state index contributed by atoms with van der Waals surface area (Å²) in [5.74, 6) is 1.01. The molecular formula is C43H44ClI3N7O2+. The molecule has 290 valence electrons. The average Bonchev–Trinajstić information content (AvgIpc) is 3.91. The van der Waals surface area contributed by atoms with E-state index in [2.05, 4.69) is 136 Å². The molecule has 1 atom stereocenters. The number of alkyl halides is 3. The standard InChI is InChI=1S/C18H16ClN3O.C14H16N4.C10H10O.CHI3/c19-11-7-8-14-13(10-11)12-4-3-6-15(17(12)21-14)22-18(23)16-5-1-2-9-20-16;1-9(2)7-18-8-16-12-13(18)10-5-3-4-6-11(10)17-14(12)15;11-7-9-6-5-8-3-1-2-4-10(8)9;2-1(3)4/h1-2,5,7-10,15,21H,3-4,6H2,(H,22,23);3-6,8-9H,7H2,1-2H3,(H2,15,17);1-4,6,11H,5,7H2;1H/p+1/t15-;;;/m1.../s1. The van der Waals surface area contributed by atoms with Gasteiger partial charge in [-0.25, -0.2) is 14.5 Å². The predicted molar refractivity (Wildman–Crippen MR) is 255 cm³/mol. The van der Waals surface area contributed by atoms with Gasteiger partial charge in [0.25, 0.3) is 5.91 Å². The SMILES string of the molecule is CC(C)C[n+]1c[nH]c2c(N)nc3ccccc3c21.IC(I)I.O=C(N[C@@H]1CCCc2c1[nH]c1ccc(Cl)cc21)c1ccccn1.OCC1=CCc2ccccc21. The number of H-pyrrole nitrogens is 2. The number of nitrogen functional groups attached to an aromatic ring is 1. The van der Waals surface area contributed by atoms with Crippen molar-refractivity contribution < 1.29 is 14.5 Å². The zero-order chi connectivity index (χ0) is 39.8. The molecule has 1 amide bonds. The van der Waals surface area contributed by atoms with E-state index in [1.807, 2.05) is 60.9 Å². The average molecular weight is 1110 g/mol. The molecule has 3 aromatic carbocycles. The first-order valence-electron chi connectivity index (χ1n) is 18.4. The number of anilines is 1. The van der Waals surface area contributed by atoms with Crippen LogP contribution in [0.15, 0.2) is 104 Å². The summed E-state index contributed by atoms with van der Waals surface area (Å²) < 4.78 is 2.97. The van der Waals surface area contributed by atoms with Crippen molar-refractivity contribution in [1.82, 2.24) is 25.3 Å². The molecule has 2 aliphatic carbocycles. The molecule has 7 aromatic rings. The van der Waals surface area contributed by atoms with Crippen molar-refractivity contribution >= 4 is 130 Å². The number of hydrogen-bond acceptors (Lipinski definition) is 5. The van der Waals surface area contributed by atoms with E-state index in [1.54, 1.807) is 18.3 Å². The Balaban J connectivity index is 0.000000143. The van der Waals surface area contributed by atoms with Crippen LogP contribution in [0.5, 0.6) is 0 Å². The number of carbonyl (C=O) groups is 1. The van der Waals surface area contributed by atoms with Crippen molar-refractivity contribution in [2.45, 2.75) is 52.1 Å². The summed E-state index contributed by atoms with van der Waals surface area (Å²) in [5.41, 5.74) is 16.5. The second-order valence-corrected chi connectivity index (χ2v) is 25.2. The number of fused-ring (bicyclic) bond motifs is 7. The molecule has 0 saturated carbocycles. The van der Waals surface area contributed by atoms with Crippen LogP contribution in [-0.2, 0) is 19.4 Å². The highest BCUT2D eigenvalue weighted by Gasteiger charge is 2.26. The molecule has 13 heteroatoms. The molecule has 0 bridgehead atoms. The number of para-hydroxylation sites is 1. The Hall–Kier alpha value is -3.32. The number of nitrogens with two attached hydrogens (primary N) is 1. The number of hydrogen-bond donors (Lipinski definition) is 5. The lowest BCUT2D eigenvalue weighted by molar-refractivity contribution is -0.676. The van der Waals surface area contributed by atoms with Gasteiger partial charge in [-0.3, -0.25) is 9.78 Å². The van der Waals surface area contributed by atoms with Crippen LogP contribution in [-0.4, -0.2) is 37.5 Å². The zero-order valence-electron chi connectivity index (χ0n) is 31.1. The lowest BCUT2D eigenvalue weighted by atomic mass is 9.91. The molecule has 9 nitrogen and oxygen atoms in total. The fourth-order valence-electron chi connectivity index (χ4n) is 7.21. The third-order valence-corrected chi connectivity index (χ3v) is 9.82. The van der Waals surface area contributed by atoms with Gasteiger partial charge in [-0.15, -0.1) is 0 Å². The number of aromatic amines is 2. The van der Waals surface area contributed by atoms with Gasteiger partial charge in [0.2, 0.25) is 11.8 Å². The number of allylic oxidation sites excluding steroid dienone is 1. The number of carbonyl (C=O) groups excluding carboxylic acids is 1. The van der Waals surface area contributed by atoms with E-state index in [0.717, 1.165) is 81.3 Å². The Kier molecular flexibility index (Phi) is 15.0. The summed E-state index contributed by atoms with van der Waals surface area (Å²) in [6.07, 6.45) is 9.65. The van der Waals surface area contributed by atoms with Gasteiger partial charge in [-0.1, -0.05) is 142 Å². The largest absolute Gasteiger partial charge is 0.392 e. The highest BCUT2D eigenvalue weighted by atomic mass is 127. The number of aliphatic hydroxyl groups excluding tert-OH is 1. The van der Waals surface area contributed by atoms with E-state index in [9.17, 15) is 4.79 Å². The molecule has 2 aliphatic rings. The summed E-state index contributed by atoms with van der Waals surface area (Å²) in [7, 11) is 0. The number of rotatable bonds is 5. The van der Waals surface area contributed by atoms with Crippen LogP contribution in [0.2, 0.25) is 5.02 Å². The Bertz CT molecular complexity index is 2460. The summed E-state index contributed by atoms with van der Waals surface area (Å²) in [6.45, 7) is 5.54. The number of aliphatic hydroxyl groups is 1. The summed E-state index contributed by atoms with van der Waals surface area (Å²) >= 11 is 13.1. The van der Waals surface area contributed by atoms with Gasteiger partial charge < -0.3 is 21.1 Å². The molecule has 6 N–H and O–H groups in total. The monoisotopic (exact) mass is 1110 g/mol.